The van der Waals surface area contributed by atoms with E-state index in [9.17, 15) is 14.7 Å². The zero-order chi connectivity index (χ0) is 23.2. The van der Waals surface area contributed by atoms with E-state index in [1.165, 1.54) is 0 Å². The van der Waals surface area contributed by atoms with Crippen LogP contribution < -0.4 is 10.1 Å². The summed E-state index contributed by atoms with van der Waals surface area (Å²) in [6.07, 6.45) is 4.32. The van der Waals surface area contributed by atoms with Gasteiger partial charge in [-0.05, 0) is 87.0 Å². The molecule has 1 amide bonds. The molecule has 2 N–H and O–H groups in total. The molecule has 0 radical (unpaired) electrons. The summed E-state index contributed by atoms with van der Waals surface area (Å²) in [5, 5.41) is 13.2. The van der Waals surface area contributed by atoms with Gasteiger partial charge in [-0.2, -0.15) is 0 Å². The molecule has 5 heteroatoms. The van der Waals surface area contributed by atoms with E-state index in [1.54, 1.807) is 0 Å². The van der Waals surface area contributed by atoms with Crippen LogP contribution in [0.2, 0.25) is 0 Å². The topological polar surface area (TPSA) is 75.6 Å². The number of carbonyl (C=O) groups is 2. The van der Waals surface area contributed by atoms with Gasteiger partial charge in [0, 0.05) is 6.04 Å². The summed E-state index contributed by atoms with van der Waals surface area (Å²) >= 11 is 0. The first kappa shape index (κ1) is 22.0. The van der Waals surface area contributed by atoms with Crippen molar-refractivity contribution < 1.29 is 19.4 Å². The van der Waals surface area contributed by atoms with Crippen LogP contribution >= 0.6 is 0 Å². The van der Waals surface area contributed by atoms with Crippen molar-refractivity contribution in [3.05, 3.63) is 65.7 Å². The number of hydrogen-bond acceptors (Lipinski definition) is 3. The average Bonchev–Trinajstić information content (AvgIpc) is 2.80. The summed E-state index contributed by atoms with van der Waals surface area (Å²) in [5.74, 6) is 1.22. The third kappa shape index (κ3) is 4.03. The molecule has 0 aliphatic heterocycles. The monoisotopic (exact) mass is 447 g/mol. The summed E-state index contributed by atoms with van der Waals surface area (Å²) in [6.45, 7) is 4.42. The minimum Gasteiger partial charge on any atom is -0.489 e. The lowest BCUT2D eigenvalue weighted by atomic mass is 9.48. The Hall–Kier alpha value is -2.82. The smallest absolute Gasteiger partial charge is 0.309 e. The molecule has 4 saturated carbocycles. The van der Waals surface area contributed by atoms with E-state index in [-0.39, 0.29) is 23.8 Å². The number of aliphatic carboxylic acids is 1. The van der Waals surface area contributed by atoms with Crippen molar-refractivity contribution in [2.45, 2.75) is 64.0 Å². The van der Waals surface area contributed by atoms with Crippen LogP contribution in [0.1, 0.15) is 57.1 Å². The molecule has 0 spiro atoms. The maximum atomic E-state index is 13.4. The fourth-order valence-electron chi connectivity index (χ4n) is 6.69. The molecule has 4 aliphatic rings. The Balaban J connectivity index is 1.24. The minimum absolute atomic E-state index is 0.0160. The Bertz CT molecular complexity index is 1010. The molecule has 4 aliphatic carbocycles. The largest absolute Gasteiger partial charge is 0.489 e. The highest BCUT2D eigenvalue weighted by Crippen LogP contribution is 2.60. The van der Waals surface area contributed by atoms with Crippen molar-refractivity contribution in [2.75, 3.05) is 0 Å². The van der Waals surface area contributed by atoms with Crippen LogP contribution in [-0.4, -0.2) is 23.0 Å². The van der Waals surface area contributed by atoms with Crippen molar-refractivity contribution in [2.24, 2.45) is 23.2 Å². The van der Waals surface area contributed by atoms with Gasteiger partial charge in [0.2, 0.25) is 5.91 Å². The Kier molecular flexibility index (Phi) is 5.46. The standard InChI is InChI=1S/C28H33NO4/c1-27(2,22-8-10-23(11-9-22)33-17-18-6-4-3-5-7-18)25(30)29-24-20-12-19-13-21(24)16-28(14-19,15-20)26(31)32/h3-11,19-21,24H,12-17H2,1-2H3,(H,29,30)(H,31,32)/t19?,20-,21+,24?,28?. The lowest BCUT2D eigenvalue weighted by Crippen LogP contribution is -2.62. The summed E-state index contributed by atoms with van der Waals surface area (Å²) < 4.78 is 5.89. The van der Waals surface area contributed by atoms with Gasteiger partial charge in [0.25, 0.3) is 0 Å². The van der Waals surface area contributed by atoms with Crippen LogP contribution in [0.25, 0.3) is 0 Å². The summed E-state index contributed by atoms with van der Waals surface area (Å²) in [4.78, 5) is 25.4. The highest BCUT2D eigenvalue weighted by Gasteiger charge is 2.59. The second-order valence-corrected chi connectivity index (χ2v) is 11.0. The van der Waals surface area contributed by atoms with Crippen LogP contribution in [-0.2, 0) is 21.6 Å². The Morgan fingerprint density at radius 3 is 2.24 bits per heavy atom. The molecule has 4 fully saturated rings. The summed E-state index contributed by atoms with van der Waals surface area (Å²) in [5.41, 5.74) is 0.819. The van der Waals surface area contributed by atoms with Gasteiger partial charge in [-0.15, -0.1) is 0 Å². The maximum Gasteiger partial charge on any atom is 0.309 e. The SMILES string of the molecule is CC(C)(C(=O)NC1[C@@H]2CC3C[C@H]1CC(C(=O)O)(C3)C2)c1ccc(OCc2ccccc2)cc1. The second-order valence-electron chi connectivity index (χ2n) is 11.0. The summed E-state index contributed by atoms with van der Waals surface area (Å²) in [6, 6.07) is 17.9. The van der Waals surface area contributed by atoms with Crippen molar-refractivity contribution in [3.63, 3.8) is 0 Å². The number of benzene rings is 2. The van der Waals surface area contributed by atoms with Crippen molar-refractivity contribution in [1.29, 1.82) is 0 Å². The van der Waals surface area contributed by atoms with Gasteiger partial charge >= 0.3 is 5.97 Å². The predicted octanol–water partition coefficient (Wildman–Crippen LogP) is 4.94. The third-order valence-electron chi connectivity index (χ3n) is 8.42. The highest BCUT2D eigenvalue weighted by atomic mass is 16.5. The molecule has 0 heterocycles. The molecule has 2 aromatic carbocycles. The molecule has 174 valence electrons. The van der Waals surface area contributed by atoms with Gasteiger partial charge in [0.1, 0.15) is 12.4 Å². The lowest BCUT2D eigenvalue weighted by Gasteiger charge is -2.58. The minimum atomic E-state index is -0.683. The number of nitrogens with one attached hydrogen (secondary N) is 1. The highest BCUT2D eigenvalue weighted by molar-refractivity contribution is 5.87. The van der Waals surface area contributed by atoms with E-state index in [0.717, 1.165) is 36.1 Å². The van der Waals surface area contributed by atoms with Gasteiger partial charge in [-0.1, -0.05) is 42.5 Å². The van der Waals surface area contributed by atoms with Crippen LogP contribution in [0.3, 0.4) is 0 Å². The van der Waals surface area contributed by atoms with Crippen LogP contribution in [0.4, 0.5) is 0 Å². The fraction of sp³-hybridized carbons (Fsp3) is 0.500. The average molecular weight is 448 g/mol. The molecule has 5 atom stereocenters. The lowest BCUT2D eigenvalue weighted by molar-refractivity contribution is -0.168. The van der Waals surface area contributed by atoms with Crippen molar-refractivity contribution >= 4 is 11.9 Å². The van der Waals surface area contributed by atoms with Gasteiger partial charge in [0.15, 0.2) is 0 Å². The molecule has 5 nitrogen and oxygen atoms in total. The first-order valence-corrected chi connectivity index (χ1v) is 12.1. The van der Waals surface area contributed by atoms with Crippen molar-refractivity contribution in [1.82, 2.24) is 5.32 Å². The Labute approximate surface area is 195 Å². The number of amides is 1. The first-order chi connectivity index (χ1) is 15.8. The summed E-state index contributed by atoms with van der Waals surface area (Å²) in [7, 11) is 0. The van der Waals surface area contributed by atoms with Crippen LogP contribution in [0, 0.1) is 23.2 Å². The molecule has 3 unspecified atom stereocenters. The Morgan fingerprint density at radius 1 is 1.00 bits per heavy atom. The van der Waals surface area contributed by atoms with E-state index in [1.807, 2.05) is 68.4 Å². The number of carbonyl (C=O) groups excluding carboxylic acids is 1. The van der Waals surface area contributed by atoms with Crippen LogP contribution in [0.15, 0.2) is 54.6 Å². The number of carboxylic acid groups (broad SMARTS) is 1. The molecular formula is C28H33NO4. The molecule has 4 bridgehead atoms. The van der Waals surface area contributed by atoms with Crippen LogP contribution in [0.5, 0.6) is 5.75 Å². The number of hydrogen-bond donors (Lipinski definition) is 2. The molecule has 33 heavy (non-hydrogen) atoms. The molecular weight excluding hydrogens is 414 g/mol. The van der Waals surface area contributed by atoms with Crippen molar-refractivity contribution in [3.8, 4) is 5.75 Å². The quantitative estimate of drug-likeness (QED) is 0.630. The van der Waals surface area contributed by atoms with E-state index < -0.39 is 16.8 Å². The number of carboxylic acids is 1. The van der Waals surface area contributed by atoms with E-state index >= 15 is 0 Å². The van der Waals surface area contributed by atoms with E-state index in [0.29, 0.717) is 25.4 Å². The van der Waals surface area contributed by atoms with E-state index in [4.69, 9.17) is 4.74 Å². The number of ether oxygens (including phenoxy) is 1. The van der Waals surface area contributed by atoms with Gasteiger partial charge in [-0.3, -0.25) is 9.59 Å². The fourth-order valence-corrected chi connectivity index (χ4v) is 6.69. The molecule has 6 rings (SSSR count). The molecule has 0 aromatic heterocycles. The zero-order valence-corrected chi connectivity index (χ0v) is 19.4. The zero-order valence-electron chi connectivity index (χ0n) is 19.4. The van der Waals surface area contributed by atoms with Gasteiger partial charge in [0.05, 0.1) is 10.8 Å². The first-order valence-electron chi connectivity index (χ1n) is 12.1. The Morgan fingerprint density at radius 2 is 1.64 bits per heavy atom. The van der Waals surface area contributed by atoms with E-state index in [2.05, 4.69) is 5.32 Å². The number of rotatable bonds is 7. The second kappa shape index (κ2) is 8.19. The normalized spacial score (nSPS) is 30.1. The third-order valence-corrected chi connectivity index (χ3v) is 8.42. The maximum absolute atomic E-state index is 13.4. The predicted molar refractivity (Wildman–Crippen MR) is 126 cm³/mol. The van der Waals surface area contributed by atoms with Gasteiger partial charge < -0.3 is 15.2 Å². The molecule has 0 saturated heterocycles. The van der Waals surface area contributed by atoms with Gasteiger partial charge in [-0.25, -0.2) is 0 Å². The molecule has 2 aromatic rings.